The highest BCUT2D eigenvalue weighted by molar-refractivity contribution is 14.1. The van der Waals surface area contributed by atoms with E-state index in [0.717, 1.165) is 26.3 Å². The number of methoxy groups -OCH3 is 1. The second-order valence-electron chi connectivity index (χ2n) is 7.70. The number of thioether (sulfide) groups is 1. The van der Waals surface area contributed by atoms with Gasteiger partial charge in [0.05, 0.1) is 16.3 Å². The predicted molar refractivity (Wildman–Crippen MR) is 152 cm³/mol. The summed E-state index contributed by atoms with van der Waals surface area (Å²) in [7, 11) is 1.56. The number of nitrogens with zero attached hydrogens (tertiary/aromatic N) is 3. The highest BCUT2D eigenvalue weighted by atomic mass is 127. The number of hydrazone groups is 1. The summed E-state index contributed by atoms with van der Waals surface area (Å²) in [4.78, 5) is 16.8. The number of carbonyl (C=O) groups excluding carboxylic acids is 1. The molecule has 0 fully saturated rings. The van der Waals surface area contributed by atoms with Gasteiger partial charge in [0.25, 0.3) is 5.91 Å². The van der Waals surface area contributed by atoms with Crippen LogP contribution in [-0.4, -0.2) is 47.3 Å². The molecule has 0 radical (unpaired) electrons. The number of ether oxygens (including phenoxy) is 3. The molecule has 0 aromatic heterocycles. The van der Waals surface area contributed by atoms with Crippen molar-refractivity contribution in [1.29, 1.82) is 5.41 Å². The number of amidine groups is 2. The lowest BCUT2D eigenvalue weighted by molar-refractivity contribution is -0.114. The summed E-state index contributed by atoms with van der Waals surface area (Å²) in [6.07, 6.45) is 4.91. The van der Waals surface area contributed by atoms with Crippen LogP contribution in [0.1, 0.15) is 24.5 Å². The molecule has 8 nitrogen and oxygen atoms in total. The number of nitrogens with one attached hydrogen (secondary N) is 1. The van der Waals surface area contributed by atoms with Crippen molar-refractivity contribution in [1.82, 2.24) is 5.01 Å². The topological polar surface area (TPSA) is 96.6 Å². The zero-order valence-electron chi connectivity index (χ0n) is 19.9. The third-order valence-electron chi connectivity index (χ3n) is 5.29. The molecule has 10 heteroatoms. The number of benzene rings is 2. The number of hydrogen-bond acceptors (Lipinski definition) is 7. The molecular formula is C26H25IN4O4S. The zero-order valence-corrected chi connectivity index (χ0v) is 22.9. The van der Waals surface area contributed by atoms with Gasteiger partial charge in [0.1, 0.15) is 24.0 Å². The van der Waals surface area contributed by atoms with Crippen LogP contribution in [-0.2, 0) is 11.2 Å². The van der Waals surface area contributed by atoms with E-state index in [1.807, 2.05) is 43.3 Å². The Hall–Kier alpha value is -3.12. The highest BCUT2D eigenvalue weighted by Gasteiger charge is 2.35. The van der Waals surface area contributed by atoms with E-state index < -0.39 is 5.91 Å². The normalized spacial score (nSPS) is 16.0. The predicted octanol–water partition coefficient (Wildman–Crippen LogP) is 5.52. The molecule has 0 saturated heterocycles. The number of carbonyl (C=O) groups is 1. The summed E-state index contributed by atoms with van der Waals surface area (Å²) in [5.74, 6) is 1.45. The van der Waals surface area contributed by atoms with Gasteiger partial charge in [-0.25, -0.2) is 0 Å². The Morgan fingerprint density at radius 3 is 2.72 bits per heavy atom. The van der Waals surface area contributed by atoms with E-state index in [0.29, 0.717) is 41.9 Å². The standard InChI is InChI=1S/C26H25IN4O4S/c1-4-8-17-9-6-7-10-20(17)34-11-12-35-23-19(27)14-16(15-21(23)33-3)13-18-24(28)31-26(29-25(18)32)36-22(5-2)30-31/h4,6-7,9-10,13-15,28H,1,5,8,11-12H2,2-3H3/b18-13+,28-24?. The second kappa shape index (κ2) is 11.7. The van der Waals surface area contributed by atoms with E-state index in [2.05, 4.69) is 39.3 Å². The Kier molecular flexibility index (Phi) is 8.47. The molecule has 1 N–H and O–H groups in total. The van der Waals surface area contributed by atoms with Crippen molar-refractivity contribution in [2.75, 3.05) is 20.3 Å². The Morgan fingerprint density at radius 2 is 1.97 bits per heavy atom. The van der Waals surface area contributed by atoms with Gasteiger partial charge in [0.2, 0.25) is 5.17 Å². The summed E-state index contributed by atoms with van der Waals surface area (Å²) in [5, 5.41) is 15.5. The van der Waals surface area contributed by atoms with Crippen molar-refractivity contribution in [3.05, 3.63) is 69.3 Å². The van der Waals surface area contributed by atoms with Crippen LogP contribution in [0, 0.1) is 8.98 Å². The summed E-state index contributed by atoms with van der Waals surface area (Å²) in [6, 6.07) is 11.5. The molecule has 2 aliphatic heterocycles. The average molecular weight is 616 g/mol. The van der Waals surface area contributed by atoms with Crippen LogP contribution >= 0.6 is 34.4 Å². The van der Waals surface area contributed by atoms with Gasteiger partial charge in [-0.15, -0.1) is 6.58 Å². The van der Waals surface area contributed by atoms with Crippen molar-refractivity contribution >= 4 is 62.4 Å². The Balaban J connectivity index is 1.48. The first-order valence-corrected chi connectivity index (χ1v) is 13.2. The minimum atomic E-state index is -0.463. The van der Waals surface area contributed by atoms with Crippen molar-refractivity contribution in [2.45, 2.75) is 19.8 Å². The molecule has 2 aromatic rings. The van der Waals surface area contributed by atoms with E-state index in [1.165, 1.54) is 16.8 Å². The summed E-state index contributed by atoms with van der Waals surface area (Å²) in [5.41, 5.74) is 1.93. The van der Waals surface area contributed by atoms with E-state index in [-0.39, 0.29) is 11.4 Å². The Labute approximate surface area is 227 Å². The number of hydrogen-bond donors (Lipinski definition) is 1. The van der Waals surface area contributed by atoms with Crippen LogP contribution in [0.4, 0.5) is 0 Å². The molecule has 4 rings (SSSR count). The fraction of sp³-hybridized carbons (Fsp3) is 0.231. The molecule has 186 valence electrons. The van der Waals surface area contributed by atoms with Gasteiger partial charge in [-0.1, -0.05) is 31.2 Å². The third kappa shape index (κ3) is 5.65. The summed E-state index contributed by atoms with van der Waals surface area (Å²) in [6.45, 7) is 6.44. The molecule has 0 saturated carbocycles. The maximum absolute atomic E-state index is 12.6. The molecule has 2 aliphatic rings. The number of halogens is 1. The fourth-order valence-corrected chi connectivity index (χ4v) is 5.17. The van der Waals surface area contributed by atoms with Crippen molar-refractivity contribution in [2.24, 2.45) is 10.1 Å². The van der Waals surface area contributed by atoms with Gasteiger partial charge < -0.3 is 14.2 Å². The smallest absolute Gasteiger partial charge is 0.283 e. The Bertz CT molecular complexity index is 1300. The molecule has 0 bridgehead atoms. The van der Waals surface area contributed by atoms with Gasteiger partial charge in [-0.3, -0.25) is 10.2 Å². The number of fused-ring (bicyclic) bond motifs is 1. The molecule has 0 atom stereocenters. The lowest BCUT2D eigenvalue weighted by Crippen LogP contribution is -2.35. The highest BCUT2D eigenvalue weighted by Crippen LogP contribution is 2.36. The first-order valence-electron chi connectivity index (χ1n) is 11.3. The van der Waals surface area contributed by atoms with Gasteiger partial charge in [0.15, 0.2) is 17.3 Å². The van der Waals surface area contributed by atoms with Crippen LogP contribution in [0.5, 0.6) is 17.2 Å². The SMILES string of the molecule is C=CCc1ccccc1OCCOc1c(I)cc(/C=C2\C(=N)N3N=C(CC)SC3=NC2=O)cc1OC. The molecule has 2 heterocycles. The molecule has 0 spiro atoms. The quantitative estimate of drug-likeness (QED) is 0.164. The zero-order chi connectivity index (χ0) is 25.7. The van der Waals surface area contributed by atoms with Crippen LogP contribution < -0.4 is 14.2 Å². The maximum atomic E-state index is 12.6. The van der Waals surface area contributed by atoms with Crippen molar-refractivity contribution in [3.8, 4) is 17.2 Å². The van der Waals surface area contributed by atoms with E-state index >= 15 is 0 Å². The number of allylic oxidation sites excluding steroid dienone is 1. The summed E-state index contributed by atoms with van der Waals surface area (Å²) >= 11 is 3.48. The number of amides is 1. The lowest BCUT2D eigenvalue weighted by atomic mass is 10.1. The Morgan fingerprint density at radius 1 is 1.19 bits per heavy atom. The van der Waals surface area contributed by atoms with Crippen LogP contribution in [0.2, 0.25) is 0 Å². The molecule has 0 aliphatic carbocycles. The minimum absolute atomic E-state index is 0.00383. The number of aliphatic imine (C=N–C) groups is 1. The maximum Gasteiger partial charge on any atom is 0.283 e. The monoisotopic (exact) mass is 616 g/mol. The van der Waals surface area contributed by atoms with Crippen LogP contribution in [0.3, 0.4) is 0 Å². The number of rotatable bonds is 10. The molecular weight excluding hydrogens is 591 g/mol. The van der Waals surface area contributed by atoms with E-state index in [4.69, 9.17) is 19.6 Å². The van der Waals surface area contributed by atoms with Gasteiger partial charge >= 0.3 is 0 Å². The molecule has 1 amide bonds. The molecule has 0 unspecified atom stereocenters. The first-order chi connectivity index (χ1) is 17.4. The lowest BCUT2D eigenvalue weighted by Gasteiger charge is -2.20. The summed E-state index contributed by atoms with van der Waals surface area (Å²) < 4.78 is 18.3. The van der Waals surface area contributed by atoms with E-state index in [1.54, 1.807) is 19.3 Å². The van der Waals surface area contributed by atoms with Crippen LogP contribution in [0.25, 0.3) is 6.08 Å². The molecule has 36 heavy (non-hydrogen) atoms. The minimum Gasteiger partial charge on any atom is -0.493 e. The largest absolute Gasteiger partial charge is 0.493 e. The number of para-hydroxylation sites is 1. The molecule has 2 aromatic carbocycles. The first kappa shape index (κ1) is 26.0. The van der Waals surface area contributed by atoms with Gasteiger partial charge in [0, 0.05) is 0 Å². The average Bonchev–Trinajstić information content (AvgIpc) is 3.29. The van der Waals surface area contributed by atoms with Gasteiger partial charge in [-0.2, -0.15) is 15.1 Å². The van der Waals surface area contributed by atoms with Crippen molar-refractivity contribution in [3.63, 3.8) is 0 Å². The third-order valence-corrected chi connectivity index (χ3v) is 7.14. The van der Waals surface area contributed by atoms with Crippen LogP contribution in [0.15, 0.2) is 64.7 Å². The van der Waals surface area contributed by atoms with E-state index in [9.17, 15) is 4.79 Å². The fourth-order valence-electron chi connectivity index (χ4n) is 3.57. The van der Waals surface area contributed by atoms with Crippen molar-refractivity contribution < 1.29 is 19.0 Å². The second-order valence-corrected chi connectivity index (χ2v) is 9.90. The van der Waals surface area contributed by atoms with Gasteiger partial charge in [-0.05, 0) is 82.6 Å².